The lowest BCUT2D eigenvalue weighted by molar-refractivity contribution is -0.138. The summed E-state index contributed by atoms with van der Waals surface area (Å²) in [5, 5.41) is 11.5. The van der Waals surface area contributed by atoms with E-state index in [0.29, 0.717) is 6.42 Å². The molecule has 0 saturated carbocycles. The monoisotopic (exact) mass is 394 g/mol. The first-order valence-electron chi connectivity index (χ1n) is 9.38. The summed E-state index contributed by atoms with van der Waals surface area (Å²) in [5.41, 5.74) is 3.28. The first-order valence-corrected chi connectivity index (χ1v) is 10.3. The van der Waals surface area contributed by atoms with E-state index in [0.717, 1.165) is 33.1 Å². The SMILES string of the molecule is Cc1ccc(C(C)(C)C)c(Oc2ccc(CC(C(=O)O)c3cccs3)cc2)c1. The van der Waals surface area contributed by atoms with Crippen molar-refractivity contribution in [3.8, 4) is 11.5 Å². The molecule has 0 bridgehead atoms. The van der Waals surface area contributed by atoms with Crippen molar-refractivity contribution in [3.05, 3.63) is 81.5 Å². The number of hydrogen-bond acceptors (Lipinski definition) is 3. The third-order valence-corrected chi connectivity index (χ3v) is 5.71. The highest BCUT2D eigenvalue weighted by Crippen LogP contribution is 2.35. The van der Waals surface area contributed by atoms with Gasteiger partial charge in [0.1, 0.15) is 11.5 Å². The summed E-state index contributed by atoms with van der Waals surface area (Å²) in [4.78, 5) is 12.5. The van der Waals surface area contributed by atoms with Crippen molar-refractivity contribution in [2.24, 2.45) is 0 Å². The van der Waals surface area contributed by atoms with Crippen LogP contribution in [-0.4, -0.2) is 11.1 Å². The minimum absolute atomic E-state index is 0.0155. The van der Waals surface area contributed by atoms with Crippen molar-refractivity contribution in [2.45, 2.75) is 45.4 Å². The van der Waals surface area contributed by atoms with Crippen LogP contribution in [0.25, 0.3) is 0 Å². The van der Waals surface area contributed by atoms with Crippen LogP contribution in [0.4, 0.5) is 0 Å². The van der Waals surface area contributed by atoms with Gasteiger partial charge >= 0.3 is 5.97 Å². The van der Waals surface area contributed by atoms with Gasteiger partial charge in [0.2, 0.25) is 0 Å². The van der Waals surface area contributed by atoms with Crippen molar-refractivity contribution < 1.29 is 14.6 Å². The molecule has 0 amide bonds. The molecule has 28 heavy (non-hydrogen) atoms. The van der Waals surface area contributed by atoms with E-state index in [9.17, 15) is 9.90 Å². The molecule has 2 aromatic carbocycles. The van der Waals surface area contributed by atoms with E-state index in [1.54, 1.807) is 0 Å². The predicted octanol–water partition coefficient (Wildman–Crippen LogP) is 6.56. The summed E-state index contributed by atoms with van der Waals surface area (Å²) in [7, 11) is 0. The van der Waals surface area contributed by atoms with E-state index in [-0.39, 0.29) is 5.41 Å². The fraction of sp³-hybridized carbons (Fsp3) is 0.292. The Balaban J connectivity index is 1.79. The lowest BCUT2D eigenvalue weighted by atomic mass is 9.86. The first-order chi connectivity index (χ1) is 13.2. The Bertz CT molecular complexity index is 935. The van der Waals surface area contributed by atoms with Crippen LogP contribution in [0.1, 0.15) is 48.3 Å². The molecule has 3 rings (SSSR count). The van der Waals surface area contributed by atoms with Gasteiger partial charge in [0.15, 0.2) is 0 Å². The molecule has 1 atom stereocenters. The average Bonchev–Trinajstić information content (AvgIpc) is 3.14. The van der Waals surface area contributed by atoms with E-state index >= 15 is 0 Å². The fourth-order valence-electron chi connectivity index (χ4n) is 3.19. The van der Waals surface area contributed by atoms with Crippen LogP contribution in [0.2, 0.25) is 0 Å². The fourth-order valence-corrected chi connectivity index (χ4v) is 4.01. The van der Waals surface area contributed by atoms with Crippen LogP contribution in [0, 0.1) is 6.92 Å². The molecule has 0 aliphatic heterocycles. The topological polar surface area (TPSA) is 46.5 Å². The molecular formula is C24H26O3S. The number of carbonyl (C=O) groups is 1. The Morgan fingerprint density at radius 3 is 2.39 bits per heavy atom. The third kappa shape index (κ3) is 4.82. The van der Waals surface area contributed by atoms with Gasteiger partial charge < -0.3 is 9.84 Å². The Morgan fingerprint density at radius 2 is 1.82 bits per heavy atom. The van der Waals surface area contributed by atoms with Gasteiger partial charge in [0.25, 0.3) is 0 Å². The second kappa shape index (κ2) is 8.19. The first kappa shape index (κ1) is 20.2. The number of thiophene rings is 1. The van der Waals surface area contributed by atoms with Crippen LogP contribution in [0.5, 0.6) is 11.5 Å². The largest absolute Gasteiger partial charge is 0.481 e. The van der Waals surface area contributed by atoms with Gasteiger partial charge in [-0.3, -0.25) is 4.79 Å². The molecule has 0 aliphatic carbocycles. The molecular weight excluding hydrogens is 368 g/mol. The molecule has 1 unspecified atom stereocenters. The molecule has 0 spiro atoms. The summed E-state index contributed by atoms with van der Waals surface area (Å²) in [5.74, 6) is 0.304. The molecule has 3 aromatic rings. The lowest BCUT2D eigenvalue weighted by Crippen LogP contribution is -2.13. The molecule has 1 N–H and O–H groups in total. The Hall–Kier alpha value is -2.59. The van der Waals surface area contributed by atoms with Crippen LogP contribution >= 0.6 is 11.3 Å². The van der Waals surface area contributed by atoms with E-state index in [1.807, 2.05) is 41.8 Å². The maximum atomic E-state index is 11.7. The van der Waals surface area contributed by atoms with Crippen LogP contribution in [0.3, 0.4) is 0 Å². The summed E-state index contributed by atoms with van der Waals surface area (Å²) >= 11 is 1.48. The standard InChI is InChI=1S/C24H26O3S/c1-16-7-12-20(24(2,3)4)21(14-16)27-18-10-8-17(9-11-18)15-19(23(25)26)22-6-5-13-28-22/h5-14,19H,15H2,1-4H3,(H,25,26). The lowest BCUT2D eigenvalue weighted by Gasteiger charge is -2.23. The summed E-state index contributed by atoms with van der Waals surface area (Å²) < 4.78 is 6.18. The zero-order valence-corrected chi connectivity index (χ0v) is 17.5. The molecule has 0 radical (unpaired) electrons. The molecule has 0 aliphatic rings. The van der Waals surface area contributed by atoms with Gasteiger partial charge in [-0.1, -0.05) is 51.1 Å². The smallest absolute Gasteiger partial charge is 0.312 e. The molecule has 4 heteroatoms. The van der Waals surface area contributed by atoms with Crippen molar-refractivity contribution in [2.75, 3.05) is 0 Å². The van der Waals surface area contributed by atoms with Crippen LogP contribution < -0.4 is 4.74 Å². The summed E-state index contributed by atoms with van der Waals surface area (Å²) in [6, 6.07) is 17.8. The molecule has 146 valence electrons. The number of hydrogen-bond donors (Lipinski definition) is 1. The van der Waals surface area contributed by atoms with Gasteiger partial charge in [0, 0.05) is 10.4 Å². The van der Waals surface area contributed by atoms with E-state index in [4.69, 9.17) is 4.74 Å². The second-order valence-corrected chi connectivity index (χ2v) is 9.09. The Labute approximate surface area is 170 Å². The second-order valence-electron chi connectivity index (χ2n) is 8.11. The highest BCUT2D eigenvalue weighted by molar-refractivity contribution is 7.10. The Morgan fingerprint density at radius 1 is 1.11 bits per heavy atom. The molecule has 3 nitrogen and oxygen atoms in total. The van der Waals surface area contributed by atoms with E-state index < -0.39 is 11.9 Å². The summed E-state index contributed by atoms with van der Waals surface area (Å²) in [6.45, 7) is 8.57. The molecule has 0 saturated heterocycles. The van der Waals surface area contributed by atoms with Crippen molar-refractivity contribution in [3.63, 3.8) is 0 Å². The zero-order chi connectivity index (χ0) is 20.3. The third-order valence-electron chi connectivity index (χ3n) is 4.72. The highest BCUT2D eigenvalue weighted by Gasteiger charge is 2.22. The summed E-state index contributed by atoms with van der Waals surface area (Å²) in [6.07, 6.45) is 0.466. The Kier molecular flexibility index (Phi) is 5.90. The molecule has 1 aromatic heterocycles. The number of aryl methyl sites for hydroxylation is 1. The van der Waals surface area contributed by atoms with E-state index in [1.165, 1.54) is 11.3 Å². The maximum Gasteiger partial charge on any atom is 0.312 e. The maximum absolute atomic E-state index is 11.7. The predicted molar refractivity (Wildman–Crippen MR) is 115 cm³/mol. The zero-order valence-electron chi connectivity index (χ0n) is 16.7. The van der Waals surface area contributed by atoms with Crippen LogP contribution in [-0.2, 0) is 16.6 Å². The number of ether oxygens (including phenoxy) is 1. The number of benzene rings is 2. The van der Waals surface area contributed by atoms with Crippen molar-refractivity contribution in [1.82, 2.24) is 0 Å². The number of carboxylic acid groups (broad SMARTS) is 1. The number of aliphatic carboxylic acids is 1. The number of rotatable bonds is 6. The average molecular weight is 395 g/mol. The van der Waals surface area contributed by atoms with E-state index in [2.05, 4.69) is 45.9 Å². The minimum atomic E-state index is -0.794. The van der Waals surface area contributed by atoms with Crippen molar-refractivity contribution >= 4 is 17.3 Å². The van der Waals surface area contributed by atoms with Gasteiger partial charge in [-0.2, -0.15) is 0 Å². The van der Waals surface area contributed by atoms with Crippen LogP contribution in [0.15, 0.2) is 60.0 Å². The van der Waals surface area contributed by atoms with Gasteiger partial charge in [0.05, 0.1) is 5.92 Å². The molecule has 0 fully saturated rings. The normalized spacial score (nSPS) is 12.6. The van der Waals surface area contributed by atoms with Gasteiger partial charge in [-0.25, -0.2) is 0 Å². The molecule has 1 heterocycles. The highest BCUT2D eigenvalue weighted by atomic mass is 32.1. The minimum Gasteiger partial charge on any atom is -0.481 e. The van der Waals surface area contributed by atoms with Crippen molar-refractivity contribution in [1.29, 1.82) is 0 Å². The van der Waals surface area contributed by atoms with Gasteiger partial charge in [-0.15, -0.1) is 11.3 Å². The quantitative estimate of drug-likeness (QED) is 0.515. The number of carboxylic acids is 1. The van der Waals surface area contributed by atoms with Gasteiger partial charge in [-0.05, 0) is 59.5 Å².